The van der Waals surface area contributed by atoms with Crippen molar-refractivity contribution in [3.63, 3.8) is 0 Å². The minimum Gasteiger partial charge on any atom is -0.467 e. The van der Waals surface area contributed by atoms with E-state index >= 15 is 0 Å². The fourth-order valence-electron chi connectivity index (χ4n) is 2.56. The van der Waals surface area contributed by atoms with Crippen LogP contribution in [0.5, 0.6) is 0 Å². The van der Waals surface area contributed by atoms with E-state index in [1.165, 1.54) is 7.11 Å². The number of methoxy groups -OCH3 is 1. The van der Waals surface area contributed by atoms with Crippen LogP contribution in [-0.2, 0) is 14.3 Å². The van der Waals surface area contributed by atoms with Gasteiger partial charge >= 0.3 is 12.1 Å². The Balaban J connectivity index is 3.17. The fourth-order valence-corrected chi connectivity index (χ4v) is 2.66. The third kappa shape index (κ3) is 4.12. The Labute approximate surface area is 135 Å². The lowest BCUT2D eigenvalue weighted by molar-refractivity contribution is -0.153. The van der Waals surface area contributed by atoms with Gasteiger partial charge in [0.05, 0.1) is 13.7 Å². The molecule has 1 aliphatic heterocycles. The fraction of sp³-hybridized carbons (Fsp3) is 0.733. The van der Waals surface area contributed by atoms with Crippen molar-refractivity contribution in [3.05, 3.63) is 12.2 Å². The summed E-state index contributed by atoms with van der Waals surface area (Å²) in [5, 5.41) is 0. The Morgan fingerprint density at radius 3 is 2.50 bits per heavy atom. The maximum Gasteiger partial charge on any atom is 0.411 e. The third-order valence-corrected chi connectivity index (χ3v) is 3.75. The average molecular weight is 336 g/mol. The summed E-state index contributed by atoms with van der Waals surface area (Å²) in [6, 6.07) is 0. The number of carbonyl (C=O) groups is 2. The Bertz CT molecular complexity index is 463. The first-order chi connectivity index (χ1) is 10.1. The van der Waals surface area contributed by atoms with Gasteiger partial charge in [-0.3, -0.25) is 4.90 Å². The summed E-state index contributed by atoms with van der Waals surface area (Å²) < 4.78 is 24.1. The molecule has 1 fully saturated rings. The summed E-state index contributed by atoms with van der Waals surface area (Å²) in [5.41, 5.74) is -1.69. The van der Waals surface area contributed by atoms with Gasteiger partial charge in [0.15, 0.2) is 5.54 Å². The molecule has 1 rings (SSSR count). The molecule has 1 aliphatic rings. The normalized spacial score (nSPS) is 25.0. The van der Waals surface area contributed by atoms with Crippen molar-refractivity contribution >= 4 is 23.7 Å². The molecule has 0 saturated carbocycles. The first kappa shape index (κ1) is 18.7. The monoisotopic (exact) mass is 335 g/mol. The molecule has 22 heavy (non-hydrogen) atoms. The minimum absolute atomic E-state index is 0.0445. The molecule has 7 heteroatoms. The number of likely N-dealkylation sites (tertiary alicyclic amines) is 1. The number of hydrogen-bond donors (Lipinski definition) is 0. The van der Waals surface area contributed by atoms with Crippen molar-refractivity contribution in [1.82, 2.24) is 4.90 Å². The number of alkyl halides is 2. The second-order valence-electron chi connectivity index (χ2n) is 6.48. The first-order valence-corrected chi connectivity index (χ1v) is 7.55. The van der Waals surface area contributed by atoms with Gasteiger partial charge in [-0.15, -0.1) is 11.6 Å². The smallest absolute Gasteiger partial charge is 0.411 e. The highest BCUT2D eigenvalue weighted by Gasteiger charge is 2.55. The molecule has 1 saturated heterocycles. The maximum atomic E-state index is 14.0. The number of ether oxygens (including phenoxy) is 2. The highest BCUT2D eigenvalue weighted by molar-refractivity contribution is 6.19. The van der Waals surface area contributed by atoms with Crippen molar-refractivity contribution < 1.29 is 23.5 Å². The standard InChI is InChI=1S/C15H23ClFNO4/c1-10(8-16)6-15(12(19)21-5)7-11(17)9-18(15)13(20)22-14(2,3)4/h11H,1,6-9H2,2-5H3/t11-,15?/m1/s1. The van der Waals surface area contributed by atoms with E-state index in [4.69, 9.17) is 21.1 Å². The van der Waals surface area contributed by atoms with Crippen molar-refractivity contribution in [2.24, 2.45) is 0 Å². The Hall–Kier alpha value is -1.30. The average Bonchev–Trinajstić information content (AvgIpc) is 2.73. The predicted molar refractivity (Wildman–Crippen MR) is 81.7 cm³/mol. The van der Waals surface area contributed by atoms with Gasteiger partial charge in [-0.1, -0.05) is 12.2 Å². The van der Waals surface area contributed by atoms with Crippen molar-refractivity contribution in [1.29, 1.82) is 0 Å². The van der Waals surface area contributed by atoms with Gasteiger partial charge in [0.1, 0.15) is 11.8 Å². The largest absolute Gasteiger partial charge is 0.467 e. The molecule has 0 bridgehead atoms. The van der Waals surface area contributed by atoms with E-state index in [0.29, 0.717) is 5.57 Å². The number of esters is 1. The Kier molecular flexibility index (Phi) is 5.84. The molecule has 126 valence electrons. The van der Waals surface area contributed by atoms with E-state index in [1.807, 2.05) is 0 Å². The highest BCUT2D eigenvalue weighted by Crippen LogP contribution is 2.38. The van der Waals surface area contributed by atoms with Gasteiger partial charge in [0, 0.05) is 18.7 Å². The minimum atomic E-state index is -1.46. The zero-order chi connectivity index (χ0) is 17.1. The molecule has 0 aromatic carbocycles. The molecule has 5 nitrogen and oxygen atoms in total. The highest BCUT2D eigenvalue weighted by atomic mass is 35.5. The molecule has 0 aromatic rings. The number of carbonyl (C=O) groups excluding carboxylic acids is 2. The SMILES string of the molecule is C=C(CCl)CC1(C(=O)OC)C[C@@H](F)CN1C(=O)OC(C)(C)C. The number of halogens is 2. The third-order valence-electron chi connectivity index (χ3n) is 3.37. The molecule has 1 unspecified atom stereocenters. The van der Waals surface area contributed by atoms with Crippen LogP contribution in [0.2, 0.25) is 0 Å². The molecular weight excluding hydrogens is 313 g/mol. The molecule has 1 heterocycles. The van der Waals surface area contributed by atoms with E-state index < -0.39 is 29.4 Å². The summed E-state index contributed by atoms with van der Waals surface area (Å²) in [6.07, 6.45) is -2.20. The lowest BCUT2D eigenvalue weighted by Gasteiger charge is -2.36. The zero-order valence-corrected chi connectivity index (χ0v) is 14.2. The second-order valence-corrected chi connectivity index (χ2v) is 6.74. The van der Waals surface area contributed by atoms with E-state index in [-0.39, 0.29) is 25.3 Å². The zero-order valence-electron chi connectivity index (χ0n) is 13.4. The van der Waals surface area contributed by atoms with Gasteiger partial charge in [-0.2, -0.15) is 0 Å². The van der Waals surface area contributed by atoms with Crippen molar-refractivity contribution in [2.75, 3.05) is 19.5 Å². The summed E-state index contributed by atoms with van der Waals surface area (Å²) in [4.78, 5) is 25.8. The van der Waals surface area contributed by atoms with Crippen LogP contribution < -0.4 is 0 Å². The molecule has 0 spiro atoms. The van der Waals surface area contributed by atoms with Crippen molar-refractivity contribution in [2.45, 2.75) is 50.9 Å². The van der Waals surface area contributed by atoms with E-state index in [1.54, 1.807) is 20.8 Å². The molecule has 0 aromatic heterocycles. The Morgan fingerprint density at radius 1 is 1.45 bits per heavy atom. The molecule has 0 radical (unpaired) electrons. The van der Waals surface area contributed by atoms with Crippen LogP contribution in [0.25, 0.3) is 0 Å². The van der Waals surface area contributed by atoms with Gasteiger partial charge in [-0.25, -0.2) is 14.0 Å². The van der Waals surface area contributed by atoms with Crippen LogP contribution in [0.15, 0.2) is 12.2 Å². The van der Waals surface area contributed by atoms with E-state index in [2.05, 4.69) is 6.58 Å². The predicted octanol–water partition coefficient (Wildman–Crippen LogP) is 3.06. The van der Waals surface area contributed by atoms with Gasteiger partial charge < -0.3 is 9.47 Å². The summed E-state index contributed by atoms with van der Waals surface area (Å²) in [5.74, 6) is -0.581. The summed E-state index contributed by atoms with van der Waals surface area (Å²) in [6.45, 7) is 8.63. The number of rotatable bonds is 4. The number of nitrogens with zero attached hydrogens (tertiary/aromatic N) is 1. The van der Waals surface area contributed by atoms with Crippen LogP contribution >= 0.6 is 11.6 Å². The van der Waals surface area contributed by atoms with Crippen LogP contribution in [0.1, 0.15) is 33.6 Å². The van der Waals surface area contributed by atoms with Gasteiger partial charge in [-0.05, 0) is 20.8 Å². The molecule has 1 amide bonds. The van der Waals surface area contributed by atoms with Crippen LogP contribution in [0.3, 0.4) is 0 Å². The van der Waals surface area contributed by atoms with Gasteiger partial charge in [0.2, 0.25) is 0 Å². The van der Waals surface area contributed by atoms with Crippen LogP contribution in [-0.4, -0.2) is 53.8 Å². The van der Waals surface area contributed by atoms with Crippen LogP contribution in [0, 0.1) is 0 Å². The lowest BCUT2D eigenvalue weighted by atomic mass is 9.88. The molecular formula is C15H23ClFNO4. The van der Waals surface area contributed by atoms with Gasteiger partial charge in [0.25, 0.3) is 0 Å². The summed E-state index contributed by atoms with van der Waals surface area (Å²) in [7, 11) is 1.20. The molecule has 2 atom stereocenters. The second kappa shape index (κ2) is 6.86. The number of hydrogen-bond acceptors (Lipinski definition) is 4. The molecule has 0 N–H and O–H groups in total. The first-order valence-electron chi connectivity index (χ1n) is 7.01. The van der Waals surface area contributed by atoms with Crippen molar-refractivity contribution in [3.8, 4) is 0 Å². The van der Waals surface area contributed by atoms with E-state index in [0.717, 1.165) is 4.90 Å². The lowest BCUT2D eigenvalue weighted by Crippen LogP contribution is -2.55. The topological polar surface area (TPSA) is 55.8 Å². The Morgan fingerprint density at radius 2 is 2.05 bits per heavy atom. The quantitative estimate of drug-likeness (QED) is 0.450. The number of amides is 1. The molecule has 0 aliphatic carbocycles. The summed E-state index contributed by atoms with van der Waals surface area (Å²) >= 11 is 5.73. The maximum absolute atomic E-state index is 14.0. The van der Waals surface area contributed by atoms with Crippen LogP contribution in [0.4, 0.5) is 9.18 Å². The van der Waals surface area contributed by atoms with E-state index in [9.17, 15) is 14.0 Å².